The number of carbonyl (C=O) groups is 1. The number of ether oxygens (including phenoxy) is 1. The molecule has 0 bridgehead atoms. The second-order valence-corrected chi connectivity index (χ2v) is 10.3. The molecule has 1 aliphatic heterocycles. The van der Waals surface area contributed by atoms with Gasteiger partial charge in [0, 0.05) is 20.6 Å². The number of guanidine groups is 1. The quantitative estimate of drug-likeness (QED) is 0.212. The second-order valence-electron chi connectivity index (χ2n) is 7.89. The Hall–Kier alpha value is -3.33. The molecule has 6 nitrogen and oxygen atoms in total. The Balaban J connectivity index is 1.58. The minimum absolute atomic E-state index is 0.0330. The first-order valence-corrected chi connectivity index (χ1v) is 13.0. The summed E-state index contributed by atoms with van der Waals surface area (Å²) in [6.07, 6.45) is 0. The molecule has 2 N–H and O–H groups in total. The molecule has 0 saturated carbocycles. The Morgan fingerprint density at radius 3 is 2.64 bits per heavy atom. The first kappa shape index (κ1) is 24.4. The Morgan fingerprint density at radius 1 is 1.08 bits per heavy atom. The molecule has 0 radical (unpaired) electrons. The van der Waals surface area contributed by atoms with Gasteiger partial charge >= 0.3 is 0 Å². The molecule has 0 spiro atoms. The molecular formula is C27H20BrClN4O2S. The number of thioether (sulfide) groups is 1. The Morgan fingerprint density at radius 2 is 1.83 bits per heavy atom. The fraction of sp³-hybridized carbons (Fsp3) is 0.0741. The van der Waals surface area contributed by atoms with Crippen LogP contribution in [0.4, 0.5) is 0 Å². The molecule has 0 unspecified atom stereocenters. The number of halogens is 2. The highest BCUT2D eigenvalue weighted by Crippen LogP contribution is 2.45. The van der Waals surface area contributed by atoms with E-state index in [2.05, 4.69) is 20.9 Å². The molecule has 4 aromatic rings. The highest BCUT2D eigenvalue weighted by molar-refractivity contribution is 9.10. The summed E-state index contributed by atoms with van der Waals surface area (Å²) in [4.78, 5) is 17.5. The molecule has 1 heterocycles. The van der Waals surface area contributed by atoms with Gasteiger partial charge < -0.3 is 10.5 Å². The first-order valence-electron chi connectivity index (χ1n) is 11.0. The van der Waals surface area contributed by atoms with E-state index in [1.807, 2.05) is 78.9 Å². The number of benzene rings is 4. The maximum absolute atomic E-state index is 13.2. The van der Waals surface area contributed by atoms with E-state index < -0.39 is 11.3 Å². The number of aliphatic imine (C=N–C) groups is 1. The van der Waals surface area contributed by atoms with Gasteiger partial charge in [-0.2, -0.15) is 10.1 Å². The van der Waals surface area contributed by atoms with Crippen LogP contribution in [-0.2, 0) is 0 Å². The van der Waals surface area contributed by atoms with Crippen molar-refractivity contribution in [1.82, 2.24) is 5.01 Å². The fourth-order valence-electron chi connectivity index (χ4n) is 3.96. The SMILES string of the molecule is COc1ccc(Br)cc1C1=NN(C(N)=NC(=O)c2cccc3ccccc23)[C@@H](c2ccccc2Cl)S1. The normalized spacial score (nSPS) is 15.8. The van der Waals surface area contributed by atoms with Crippen molar-refractivity contribution in [2.45, 2.75) is 5.37 Å². The highest BCUT2D eigenvalue weighted by Gasteiger charge is 2.35. The monoisotopic (exact) mass is 578 g/mol. The van der Waals surface area contributed by atoms with Crippen molar-refractivity contribution in [3.63, 3.8) is 0 Å². The van der Waals surface area contributed by atoms with Crippen molar-refractivity contribution < 1.29 is 9.53 Å². The van der Waals surface area contributed by atoms with Crippen molar-refractivity contribution in [1.29, 1.82) is 0 Å². The Kier molecular flexibility index (Phi) is 7.00. The van der Waals surface area contributed by atoms with Crippen LogP contribution in [0.1, 0.15) is 26.9 Å². The van der Waals surface area contributed by atoms with Crippen LogP contribution in [-0.4, -0.2) is 29.0 Å². The summed E-state index contributed by atoms with van der Waals surface area (Å²) in [7, 11) is 1.61. The van der Waals surface area contributed by atoms with Gasteiger partial charge in [0.1, 0.15) is 16.2 Å². The van der Waals surface area contributed by atoms with Crippen LogP contribution in [0.15, 0.2) is 99.5 Å². The summed E-state index contributed by atoms with van der Waals surface area (Å²) >= 11 is 11.5. The lowest BCUT2D eigenvalue weighted by Crippen LogP contribution is -2.34. The standard InChI is InChI=1S/C27H20BrClN4O2S/c1-35-23-14-13-17(28)15-21(23)25-32-33(26(36-25)20-10-4-5-12-22(20)29)27(30)31-24(34)19-11-6-8-16-7-2-3-9-18(16)19/h2-15,26H,1H3,(H2,30,31,34)/t26-/m1/s1. The van der Waals surface area contributed by atoms with Crippen LogP contribution in [0, 0.1) is 0 Å². The molecule has 5 rings (SSSR count). The van der Waals surface area contributed by atoms with Gasteiger partial charge in [-0.3, -0.25) is 4.79 Å². The van der Waals surface area contributed by atoms with E-state index in [0.29, 0.717) is 21.4 Å². The van der Waals surface area contributed by atoms with Gasteiger partial charge in [0.25, 0.3) is 5.91 Å². The molecule has 0 saturated heterocycles. The third-order valence-electron chi connectivity index (χ3n) is 5.68. The van der Waals surface area contributed by atoms with Gasteiger partial charge in [-0.1, -0.05) is 93.9 Å². The van der Waals surface area contributed by atoms with Gasteiger partial charge in [0.2, 0.25) is 5.96 Å². The van der Waals surface area contributed by atoms with Crippen molar-refractivity contribution in [2.24, 2.45) is 15.8 Å². The summed E-state index contributed by atoms with van der Waals surface area (Å²) in [5, 5.41) is 8.84. The van der Waals surface area contributed by atoms with Gasteiger partial charge in [-0.15, -0.1) is 0 Å². The molecular weight excluding hydrogens is 560 g/mol. The number of hydrogen-bond donors (Lipinski definition) is 1. The van der Waals surface area contributed by atoms with E-state index in [1.165, 1.54) is 16.8 Å². The molecule has 0 fully saturated rings. The summed E-state index contributed by atoms with van der Waals surface area (Å²) in [6.45, 7) is 0. The van der Waals surface area contributed by atoms with Crippen molar-refractivity contribution >= 4 is 67.0 Å². The Bertz CT molecular complexity index is 1540. The van der Waals surface area contributed by atoms with Gasteiger partial charge in [0.05, 0.1) is 12.7 Å². The van der Waals surface area contributed by atoms with E-state index in [4.69, 9.17) is 27.2 Å². The zero-order chi connectivity index (χ0) is 25.2. The maximum Gasteiger partial charge on any atom is 0.280 e. The minimum atomic E-state index is -0.448. The second kappa shape index (κ2) is 10.3. The average molecular weight is 580 g/mol. The summed E-state index contributed by atoms with van der Waals surface area (Å²) < 4.78 is 6.44. The molecule has 9 heteroatoms. The molecule has 1 aliphatic rings. The minimum Gasteiger partial charge on any atom is -0.496 e. The number of methoxy groups -OCH3 is 1. The number of nitrogens with two attached hydrogens (primary N) is 1. The van der Waals surface area contributed by atoms with Crippen molar-refractivity contribution in [3.05, 3.63) is 111 Å². The van der Waals surface area contributed by atoms with Gasteiger partial charge in [-0.05, 0) is 41.1 Å². The lowest BCUT2D eigenvalue weighted by atomic mass is 10.0. The van der Waals surface area contributed by atoms with Crippen molar-refractivity contribution in [3.8, 4) is 5.75 Å². The number of nitrogens with zero attached hydrogens (tertiary/aromatic N) is 3. The lowest BCUT2D eigenvalue weighted by molar-refractivity contribution is 0.100. The maximum atomic E-state index is 13.2. The summed E-state index contributed by atoms with van der Waals surface area (Å²) in [5.41, 5.74) is 8.48. The number of carbonyl (C=O) groups excluding carboxylic acids is 1. The van der Waals surface area contributed by atoms with Gasteiger partial charge in [-0.25, -0.2) is 5.01 Å². The molecule has 4 aromatic carbocycles. The topological polar surface area (TPSA) is 80.3 Å². The summed E-state index contributed by atoms with van der Waals surface area (Å²) in [6, 6.07) is 26.3. The highest BCUT2D eigenvalue weighted by atomic mass is 79.9. The van der Waals surface area contributed by atoms with E-state index in [-0.39, 0.29) is 5.96 Å². The molecule has 1 amide bonds. The van der Waals surface area contributed by atoms with E-state index >= 15 is 0 Å². The zero-order valence-electron chi connectivity index (χ0n) is 19.1. The zero-order valence-corrected chi connectivity index (χ0v) is 22.2. The Labute approximate surface area is 225 Å². The average Bonchev–Trinajstić information content (AvgIpc) is 3.34. The summed E-state index contributed by atoms with van der Waals surface area (Å²) in [5.74, 6) is 0.178. The van der Waals surface area contributed by atoms with E-state index in [0.717, 1.165) is 26.4 Å². The van der Waals surface area contributed by atoms with Crippen LogP contribution in [0.25, 0.3) is 10.8 Å². The number of hydrazone groups is 1. The molecule has 0 aromatic heterocycles. The number of rotatable bonds is 4. The first-order chi connectivity index (χ1) is 17.5. The fourth-order valence-corrected chi connectivity index (χ4v) is 5.85. The third-order valence-corrected chi connectivity index (χ3v) is 7.72. The number of fused-ring (bicyclic) bond motifs is 1. The van der Waals surface area contributed by atoms with Crippen LogP contribution >= 0.6 is 39.3 Å². The predicted octanol–water partition coefficient (Wildman–Crippen LogP) is 6.83. The van der Waals surface area contributed by atoms with E-state index in [9.17, 15) is 4.79 Å². The lowest BCUT2D eigenvalue weighted by Gasteiger charge is -2.22. The van der Waals surface area contributed by atoms with Gasteiger partial charge in [0.15, 0.2) is 0 Å². The molecule has 180 valence electrons. The van der Waals surface area contributed by atoms with Crippen LogP contribution in [0.5, 0.6) is 5.75 Å². The smallest absolute Gasteiger partial charge is 0.280 e. The molecule has 36 heavy (non-hydrogen) atoms. The molecule has 0 aliphatic carbocycles. The van der Waals surface area contributed by atoms with Crippen LogP contribution < -0.4 is 10.5 Å². The largest absolute Gasteiger partial charge is 0.496 e. The molecule has 1 atom stereocenters. The van der Waals surface area contributed by atoms with Crippen LogP contribution in [0.2, 0.25) is 5.02 Å². The van der Waals surface area contributed by atoms with Crippen molar-refractivity contribution in [2.75, 3.05) is 7.11 Å². The van der Waals surface area contributed by atoms with E-state index in [1.54, 1.807) is 13.2 Å². The number of amides is 1. The third kappa shape index (κ3) is 4.72. The van der Waals surface area contributed by atoms with Crippen LogP contribution in [0.3, 0.4) is 0 Å². The predicted molar refractivity (Wildman–Crippen MR) is 151 cm³/mol. The number of hydrogen-bond acceptors (Lipinski definition) is 4.